The summed E-state index contributed by atoms with van der Waals surface area (Å²) in [6.45, 7) is 0. The van der Waals surface area contributed by atoms with Gasteiger partial charge in [-0.2, -0.15) is 0 Å². The summed E-state index contributed by atoms with van der Waals surface area (Å²) in [7, 11) is 3.50. The summed E-state index contributed by atoms with van der Waals surface area (Å²) in [5, 5.41) is 3.23. The standard InChI is InChI=1S/C13H15N3O/c1-14-11(10-6-4-3-5-7-10)12-13(17-2)16-9-8-15-12/h3-9,11,14H,1-2H3. The van der Waals surface area contributed by atoms with Crippen LogP contribution in [0.3, 0.4) is 0 Å². The normalized spacial score (nSPS) is 12.1. The van der Waals surface area contributed by atoms with E-state index >= 15 is 0 Å². The largest absolute Gasteiger partial charge is 0.480 e. The van der Waals surface area contributed by atoms with Crippen LogP contribution in [0.25, 0.3) is 0 Å². The molecule has 4 nitrogen and oxygen atoms in total. The molecular weight excluding hydrogens is 214 g/mol. The topological polar surface area (TPSA) is 47.0 Å². The number of hydrogen-bond donors (Lipinski definition) is 1. The summed E-state index contributed by atoms with van der Waals surface area (Å²) in [5.74, 6) is 0.552. The predicted octanol–water partition coefficient (Wildman–Crippen LogP) is 1.79. The lowest BCUT2D eigenvalue weighted by molar-refractivity contribution is 0.384. The molecule has 1 aromatic heterocycles. The first-order valence-electron chi connectivity index (χ1n) is 5.44. The summed E-state index contributed by atoms with van der Waals surface area (Å²) < 4.78 is 5.24. The summed E-state index contributed by atoms with van der Waals surface area (Å²) in [6.07, 6.45) is 3.30. The lowest BCUT2D eigenvalue weighted by atomic mass is 10.0. The molecule has 0 amide bonds. The quantitative estimate of drug-likeness (QED) is 0.868. The minimum Gasteiger partial charge on any atom is -0.480 e. The predicted molar refractivity (Wildman–Crippen MR) is 65.9 cm³/mol. The van der Waals surface area contributed by atoms with E-state index in [9.17, 15) is 0 Å². The van der Waals surface area contributed by atoms with Gasteiger partial charge in [0.15, 0.2) is 0 Å². The van der Waals surface area contributed by atoms with Crippen molar-refractivity contribution in [1.82, 2.24) is 15.3 Å². The van der Waals surface area contributed by atoms with Gasteiger partial charge in [0.1, 0.15) is 5.69 Å². The average Bonchev–Trinajstić information content (AvgIpc) is 2.41. The van der Waals surface area contributed by atoms with Crippen LogP contribution >= 0.6 is 0 Å². The second kappa shape index (κ2) is 5.41. The summed E-state index contributed by atoms with van der Waals surface area (Å²) in [5.41, 5.74) is 1.93. The highest BCUT2D eigenvalue weighted by Crippen LogP contribution is 2.25. The molecular formula is C13H15N3O. The Hall–Kier alpha value is -1.94. The highest BCUT2D eigenvalue weighted by molar-refractivity contribution is 5.32. The Morgan fingerprint density at radius 3 is 2.47 bits per heavy atom. The van der Waals surface area contributed by atoms with Crippen molar-refractivity contribution in [3.05, 3.63) is 54.0 Å². The number of methoxy groups -OCH3 is 1. The van der Waals surface area contributed by atoms with Crippen molar-refractivity contribution in [3.63, 3.8) is 0 Å². The minimum absolute atomic E-state index is 0.0140. The van der Waals surface area contributed by atoms with E-state index in [1.807, 2.05) is 25.2 Å². The highest BCUT2D eigenvalue weighted by atomic mass is 16.5. The molecule has 1 unspecified atom stereocenters. The van der Waals surface area contributed by atoms with Crippen LogP contribution in [0, 0.1) is 0 Å². The van der Waals surface area contributed by atoms with Crippen LogP contribution in [0.15, 0.2) is 42.7 Å². The van der Waals surface area contributed by atoms with Crippen LogP contribution in [0.4, 0.5) is 0 Å². The number of rotatable bonds is 4. The average molecular weight is 229 g/mol. The monoisotopic (exact) mass is 229 g/mol. The van der Waals surface area contributed by atoms with E-state index in [0.717, 1.165) is 11.3 Å². The van der Waals surface area contributed by atoms with E-state index in [2.05, 4.69) is 27.4 Å². The van der Waals surface area contributed by atoms with Crippen molar-refractivity contribution in [2.24, 2.45) is 0 Å². The number of nitrogens with zero attached hydrogens (tertiary/aromatic N) is 2. The van der Waals surface area contributed by atoms with Crippen molar-refractivity contribution < 1.29 is 4.74 Å². The number of aromatic nitrogens is 2. The fraction of sp³-hybridized carbons (Fsp3) is 0.231. The van der Waals surface area contributed by atoms with Gasteiger partial charge in [0, 0.05) is 12.4 Å². The smallest absolute Gasteiger partial charge is 0.237 e. The van der Waals surface area contributed by atoms with Gasteiger partial charge in [-0.25, -0.2) is 4.98 Å². The third-order valence-corrected chi connectivity index (χ3v) is 2.58. The Balaban J connectivity index is 2.42. The molecule has 0 radical (unpaired) electrons. The molecule has 0 saturated heterocycles. The minimum atomic E-state index is -0.0140. The Morgan fingerprint density at radius 2 is 1.82 bits per heavy atom. The zero-order chi connectivity index (χ0) is 12.1. The van der Waals surface area contributed by atoms with Gasteiger partial charge < -0.3 is 10.1 Å². The van der Waals surface area contributed by atoms with Gasteiger partial charge in [-0.15, -0.1) is 0 Å². The summed E-state index contributed by atoms with van der Waals surface area (Å²) in [4.78, 5) is 8.51. The van der Waals surface area contributed by atoms with E-state index in [1.165, 1.54) is 0 Å². The highest BCUT2D eigenvalue weighted by Gasteiger charge is 2.18. The first-order valence-corrected chi connectivity index (χ1v) is 5.44. The molecule has 1 heterocycles. The molecule has 0 fully saturated rings. The number of ether oxygens (including phenoxy) is 1. The van der Waals surface area contributed by atoms with Crippen molar-refractivity contribution in [1.29, 1.82) is 0 Å². The first kappa shape index (κ1) is 11.5. The Labute approximate surface area is 101 Å². The van der Waals surface area contributed by atoms with Gasteiger partial charge in [0.2, 0.25) is 5.88 Å². The molecule has 0 spiro atoms. The van der Waals surface area contributed by atoms with E-state index in [4.69, 9.17) is 4.74 Å². The van der Waals surface area contributed by atoms with Gasteiger partial charge in [-0.1, -0.05) is 30.3 Å². The molecule has 1 N–H and O–H groups in total. The third-order valence-electron chi connectivity index (χ3n) is 2.58. The van der Waals surface area contributed by atoms with Gasteiger partial charge in [-0.3, -0.25) is 4.98 Å². The second-order valence-corrected chi connectivity index (χ2v) is 3.58. The molecule has 2 rings (SSSR count). The van der Waals surface area contributed by atoms with E-state index in [-0.39, 0.29) is 6.04 Å². The lowest BCUT2D eigenvalue weighted by Crippen LogP contribution is -2.20. The summed E-state index contributed by atoms with van der Waals surface area (Å²) >= 11 is 0. The van der Waals surface area contributed by atoms with E-state index < -0.39 is 0 Å². The fourth-order valence-electron chi connectivity index (χ4n) is 1.80. The molecule has 88 valence electrons. The molecule has 1 aromatic carbocycles. The molecule has 0 aliphatic rings. The van der Waals surface area contributed by atoms with Crippen LogP contribution in [-0.4, -0.2) is 24.1 Å². The maximum atomic E-state index is 5.24. The van der Waals surface area contributed by atoms with Gasteiger partial charge >= 0.3 is 0 Å². The Morgan fingerprint density at radius 1 is 1.12 bits per heavy atom. The lowest BCUT2D eigenvalue weighted by Gasteiger charge is -2.17. The van der Waals surface area contributed by atoms with Crippen molar-refractivity contribution in [3.8, 4) is 5.88 Å². The van der Waals surface area contributed by atoms with E-state index in [1.54, 1.807) is 19.5 Å². The molecule has 2 aromatic rings. The third kappa shape index (κ3) is 2.42. The van der Waals surface area contributed by atoms with Gasteiger partial charge in [0.05, 0.1) is 13.2 Å². The Bertz CT molecular complexity index is 473. The van der Waals surface area contributed by atoms with Gasteiger partial charge in [-0.05, 0) is 12.6 Å². The SMILES string of the molecule is CNC(c1ccccc1)c1nccnc1OC. The zero-order valence-corrected chi connectivity index (χ0v) is 9.92. The zero-order valence-electron chi connectivity index (χ0n) is 9.92. The fourth-order valence-corrected chi connectivity index (χ4v) is 1.80. The maximum Gasteiger partial charge on any atom is 0.237 e. The molecule has 0 bridgehead atoms. The second-order valence-electron chi connectivity index (χ2n) is 3.58. The molecule has 0 aliphatic carbocycles. The number of hydrogen-bond acceptors (Lipinski definition) is 4. The maximum absolute atomic E-state index is 5.24. The van der Waals surface area contributed by atoms with Crippen molar-refractivity contribution >= 4 is 0 Å². The van der Waals surface area contributed by atoms with E-state index in [0.29, 0.717) is 5.88 Å². The summed E-state index contributed by atoms with van der Waals surface area (Å²) in [6, 6.07) is 10.1. The molecule has 0 saturated carbocycles. The molecule has 0 aliphatic heterocycles. The molecule has 1 atom stereocenters. The van der Waals surface area contributed by atoms with Crippen LogP contribution in [0.2, 0.25) is 0 Å². The molecule has 17 heavy (non-hydrogen) atoms. The van der Waals surface area contributed by atoms with Crippen LogP contribution in [-0.2, 0) is 0 Å². The van der Waals surface area contributed by atoms with Crippen LogP contribution in [0.1, 0.15) is 17.3 Å². The van der Waals surface area contributed by atoms with Crippen LogP contribution in [0.5, 0.6) is 5.88 Å². The van der Waals surface area contributed by atoms with Gasteiger partial charge in [0.25, 0.3) is 0 Å². The first-order chi connectivity index (χ1) is 8.36. The van der Waals surface area contributed by atoms with Crippen LogP contribution < -0.4 is 10.1 Å². The van der Waals surface area contributed by atoms with Crippen molar-refractivity contribution in [2.75, 3.05) is 14.2 Å². The Kier molecular flexibility index (Phi) is 3.67. The van der Waals surface area contributed by atoms with Crippen molar-refractivity contribution in [2.45, 2.75) is 6.04 Å². The number of nitrogens with one attached hydrogen (secondary N) is 1. The molecule has 4 heteroatoms. The number of benzene rings is 1.